The Hall–Kier alpha value is -1.76. The molecule has 4 nitrogen and oxygen atoms in total. The van der Waals surface area contributed by atoms with Crippen molar-refractivity contribution in [2.24, 2.45) is 0 Å². The minimum Gasteiger partial charge on any atom is -0.445 e. The first-order valence-electron chi connectivity index (χ1n) is 7.14. The summed E-state index contributed by atoms with van der Waals surface area (Å²) in [6.07, 6.45) is -4.72. The molecular formula is C15H19F3N2O2. The second-order valence-electron chi connectivity index (χ2n) is 5.28. The van der Waals surface area contributed by atoms with Crippen molar-refractivity contribution in [2.45, 2.75) is 25.7 Å². The van der Waals surface area contributed by atoms with Crippen molar-refractivity contribution in [1.29, 1.82) is 0 Å². The Kier molecular flexibility index (Phi) is 5.28. The van der Waals surface area contributed by atoms with Crippen molar-refractivity contribution < 1.29 is 22.7 Å². The van der Waals surface area contributed by atoms with Gasteiger partial charge in [-0.1, -0.05) is 30.3 Å². The standard InChI is InChI=1S/C15H19F3N2O2/c1-12(15(16,17)18)19-7-9-20(10-8-19)14(21)22-11-13-5-3-2-4-6-13/h2-6,12H,7-11H2,1H3. The van der Waals surface area contributed by atoms with E-state index in [4.69, 9.17) is 4.74 Å². The highest BCUT2D eigenvalue weighted by atomic mass is 19.4. The van der Waals surface area contributed by atoms with Gasteiger partial charge in [0.1, 0.15) is 12.6 Å². The van der Waals surface area contributed by atoms with E-state index in [-0.39, 0.29) is 32.8 Å². The van der Waals surface area contributed by atoms with Crippen LogP contribution in [0.3, 0.4) is 0 Å². The van der Waals surface area contributed by atoms with Crippen molar-refractivity contribution in [3.63, 3.8) is 0 Å². The van der Waals surface area contributed by atoms with E-state index in [0.29, 0.717) is 0 Å². The van der Waals surface area contributed by atoms with E-state index in [0.717, 1.165) is 12.5 Å². The van der Waals surface area contributed by atoms with Gasteiger partial charge in [0.05, 0.1) is 0 Å². The van der Waals surface area contributed by atoms with Gasteiger partial charge in [0.25, 0.3) is 0 Å². The fraction of sp³-hybridized carbons (Fsp3) is 0.533. The number of halogens is 3. The molecule has 0 bridgehead atoms. The van der Waals surface area contributed by atoms with Gasteiger partial charge in [-0.15, -0.1) is 0 Å². The SMILES string of the molecule is CC(N1CCN(C(=O)OCc2ccccc2)CC1)C(F)(F)F. The molecule has 22 heavy (non-hydrogen) atoms. The zero-order valence-electron chi connectivity index (χ0n) is 12.3. The van der Waals surface area contributed by atoms with E-state index in [9.17, 15) is 18.0 Å². The number of ether oxygens (including phenoxy) is 1. The Labute approximate surface area is 127 Å². The third-order valence-corrected chi connectivity index (χ3v) is 3.80. The second kappa shape index (κ2) is 7.00. The van der Waals surface area contributed by atoms with Crippen LogP contribution in [-0.4, -0.2) is 54.3 Å². The van der Waals surface area contributed by atoms with Crippen LogP contribution in [0.5, 0.6) is 0 Å². The summed E-state index contributed by atoms with van der Waals surface area (Å²) < 4.78 is 43.1. The van der Waals surface area contributed by atoms with Crippen molar-refractivity contribution in [1.82, 2.24) is 9.80 Å². The predicted molar refractivity (Wildman–Crippen MR) is 75.3 cm³/mol. The molecule has 0 radical (unpaired) electrons. The third kappa shape index (κ3) is 4.37. The van der Waals surface area contributed by atoms with Gasteiger partial charge in [-0.25, -0.2) is 4.79 Å². The van der Waals surface area contributed by atoms with E-state index < -0.39 is 18.3 Å². The predicted octanol–water partition coefficient (Wildman–Crippen LogP) is 2.89. The molecule has 122 valence electrons. The molecule has 0 spiro atoms. The van der Waals surface area contributed by atoms with Gasteiger partial charge in [-0.3, -0.25) is 4.90 Å². The van der Waals surface area contributed by atoms with Gasteiger partial charge in [0.2, 0.25) is 0 Å². The fourth-order valence-corrected chi connectivity index (χ4v) is 2.31. The van der Waals surface area contributed by atoms with Gasteiger partial charge in [0, 0.05) is 26.2 Å². The molecule has 1 saturated heterocycles. The van der Waals surface area contributed by atoms with Crippen LogP contribution in [0, 0.1) is 0 Å². The first-order valence-corrected chi connectivity index (χ1v) is 7.14. The molecule has 1 heterocycles. The molecular weight excluding hydrogens is 297 g/mol. The van der Waals surface area contributed by atoms with Gasteiger partial charge in [-0.05, 0) is 12.5 Å². The zero-order valence-corrected chi connectivity index (χ0v) is 12.3. The van der Waals surface area contributed by atoms with E-state index in [1.54, 1.807) is 0 Å². The van der Waals surface area contributed by atoms with Gasteiger partial charge < -0.3 is 9.64 Å². The summed E-state index contributed by atoms with van der Waals surface area (Å²) in [4.78, 5) is 14.7. The number of alkyl halides is 3. The van der Waals surface area contributed by atoms with Gasteiger partial charge in [-0.2, -0.15) is 13.2 Å². The third-order valence-electron chi connectivity index (χ3n) is 3.80. The van der Waals surface area contributed by atoms with E-state index in [2.05, 4.69) is 0 Å². The molecule has 2 rings (SSSR count). The Morgan fingerprint density at radius 3 is 2.32 bits per heavy atom. The molecule has 1 aliphatic heterocycles. The summed E-state index contributed by atoms with van der Waals surface area (Å²) in [5.41, 5.74) is 0.875. The lowest BCUT2D eigenvalue weighted by molar-refractivity contribution is -0.181. The smallest absolute Gasteiger partial charge is 0.410 e. The first-order chi connectivity index (χ1) is 10.4. The van der Waals surface area contributed by atoms with Gasteiger partial charge >= 0.3 is 12.3 Å². The number of rotatable bonds is 3. The fourth-order valence-electron chi connectivity index (χ4n) is 2.31. The number of amides is 1. The molecule has 1 aromatic carbocycles. The van der Waals surface area contributed by atoms with Crippen LogP contribution in [-0.2, 0) is 11.3 Å². The van der Waals surface area contributed by atoms with Gasteiger partial charge in [0.15, 0.2) is 0 Å². The number of carbonyl (C=O) groups is 1. The summed E-state index contributed by atoms with van der Waals surface area (Å²) >= 11 is 0. The molecule has 1 amide bonds. The van der Waals surface area contributed by atoms with Crippen molar-refractivity contribution in [3.05, 3.63) is 35.9 Å². The van der Waals surface area contributed by atoms with Crippen LogP contribution in [0.2, 0.25) is 0 Å². The highest BCUT2D eigenvalue weighted by Gasteiger charge is 2.41. The molecule has 1 aromatic rings. The molecule has 0 N–H and O–H groups in total. The summed E-state index contributed by atoms with van der Waals surface area (Å²) in [6.45, 7) is 2.19. The highest BCUT2D eigenvalue weighted by molar-refractivity contribution is 5.67. The monoisotopic (exact) mass is 316 g/mol. The lowest BCUT2D eigenvalue weighted by Crippen LogP contribution is -2.54. The quantitative estimate of drug-likeness (QED) is 0.859. The highest BCUT2D eigenvalue weighted by Crippen LogP contribution is 2.25. The Balaban J connectivity index is 1.78. The number of hydrogen-bond donors (Lipinski definition) is 0. The molecule has 0 saturated carbocycles. The molecule has 1 aliphatic rings. The average molecular weight is 316 g/mol. The summed E-state index contributed by atoms with van der Waals surface area (Å²) in [6, 6.07) is 7.76. The van der Waals surface area contributed by atoms with Crippen LogP contribution in [0.15, 0.2) is 30.3 Å². The molecule has 0 aromatic heterocycles. The normalized spacial score (nSPS) is 18.1. The molecule has 1 atom stereocenters. The van der Waals surface area contributed by atoms with E-state index in [1.165, 1.54) is 9.80 Å². The summed E-state index contributed by atoms with van der Waals surface area (Å²) in [5, 5.41) is 0. The molecule has 1 fully saturated rings. The van der Waals surface area contributed by atoms with E-state index in [1.807, 2.05) is 30.3 Å². The minimum absolute atomic E-state index is 0.166. The lowest BCUT2D eigenvalue weighted by atomic mass is 10.2. The second-order valence-corrected chi connectivity index (χ2v) is 5.28. The van der Waals surface area contributed by atoms with Crippen LogP contribution >= 0.6 is 0 Å². The maximum Gasteiger partial charge on any atom is 0.410 e. The van der Waals surface area contributed by atoms with Crippen LogP contribution in [0.4, 0.5) is 18.0 Å². The zero-order chi connectivity index (χ0) is 16.2. The Morgan fingerprint density at radius 2 is 1.77 bits per heavy atom. The number of carbonyl (C=O) groups excluding carboxylic acids is 1. The van der Waals surface area contributed by atoms with Crippen molar-refractivity contribution in [3.8, 4) is 0 Å². The molecule has 7 heteroatoms. The average Bonchev–Trinajstić information content (AvgIpc) is 2.52. The van der Waals surface area contributed by atoms with Crippen LogP contribution < -0.4 is 0 Å². The van der Waals surface area contributed by atoms with Crippen LogP contribution in [0.25, 0.3) is 0 Å². The Bertz CT molecular complexity index is 485. The minimum atomic E-state index is -4.24. The number of hydrogen-bond acceptors (Lipinski definition) is 3. The largest absolute Gasteiger partial charge is 0.445 e. The first kappa shape index (κ1) is 16.6. The Morgan fingerprint density at radius 1 is 1.18 bits per heavy atom. The van der Waals surface area contributed by atoms with Crippen LogP contribution in [0.1, 0.15) is 12.5 Å². The molecule has 0 aliphatic carbocycles. The van der Waals surface area contributed by atoms with Crippen molar-refractivity contribution >= 4 is 6.09 Å². The molecule has 1 unspecified atom stereocenters. The number of piperazine rings is 1. The maximum atomic E-state index is 12.7. The summed E-state index contributed by atoms with van der Waals surface area (Å²) in [5.74, 6) is 0. The number of benzene rings is 1. The van der Waals surface area contributed by atoms with E-state index >= 15 is 0 Å². The topological polar surface area (TPSA) is 32.8 Å². The maximum absolute atomic E-state index is 12.7. The number of nitrogens with zero attached hydrogens (tertiary/aromatic N) is 2. The van der Waals surface area contributed by atoms with Crippen molar-refractivity contribution in [2.75, 3.05) is 26.2 Å². The summed E-state index contributed by atoms with van der Waals surface area (Å²) in [7, 11) is 0. The lowest BCUT2D eigenvalue weighted by Gasteiger charge is -2.37.